The quantitative estimate of drug-likeness (QED) is 0.818. The second-order valence-electron chi connectivity index (χ2n) is 5.37. The lowest BCUT2D eigenvalue weighted by Gasteiger charge is -2.11. The Bertz CT molecular complexity index is 836. The van der Waals surface area contributed by atoms with Gasteiger partial charge >= 0.3 is 0 Å². The van der Waals surface area contributed by atoms with Gasteiger partial charge in [0.1, 0.15) is 0 Å². The van der Waals surface area contributed by atoms with E-state index in [1.807, 2.05) is 0 Å². The Hall–Kier alpha value is -3.42. The fourth-order valence-corrected chi connectivity index (χ4v) is 2.42. The molecule has 0 saturated heterocycles. The minimum atomic E-state index is -0.384. The Morgan fingerprint density at radius 1 is 1.00 bits per heavy atom. The summed E-state index contributed by atoms with van der Waals surface area (Å²) in [5.41, 5.74) is 0.915. The van der Waals surface area contributed by atoms with Crippen LogP contribution in [0.25, 0.3) is 0 Å². The molecule has 0 saturated carbocycles. The molecule has 0 radical (unpaired) electrons. The van der Waals surface area contributed by atoms with E-state index in [0.29, 0.717) is 34.2 Å². The van der Waals surface area contributed by atoms with E-state index in [0.717, 1.165) is 0 Å². The normalized spacial score (nSPS) is 11.6. The highest BCUT2D eigenvalue weighted by Crippen LogP contribution is 2.32. The highest BCUT2D eigenvalue weighted by Gasteiger charge is 2.16. The second kappa shape index (κ2) is 7.64. The molecule has 3 rings (SSSR count). The van der Waals surface area contributed by atoms with Crippen LogP contribution in [-0.4, -0.2) is 39.4 Å². The van der Waals surface area contributed by atoms with E-state index in [9.17, 15) is 9.59 Å². The van der Waals surface area contributed by atoms with Crippen LogP contribution in [0.15, 0.2) is 36.4 Å². The van der Waals surface area contributed by atoms with Gasteiger partial charge in [0.05, 0.1) is 20.8 Å². The van der Waals surface area contributed by atoms with E-state index in [2.05, 4.69) is 10.6 Å². The molecule has 0 spiro atoms. The van der Waals surface area contributed by atoms with Crippen molar-refractivity contribution >= 4 is 17.5 Å². The van der Waals surface area contributed by atoms with Gasteiger partial charge in [0.25, 0.3) is 5.91 Å². The summed E-state index contributed by atoms with van der Waals surface area (Å²) in [6.07, 6.45) is 0. The molecule has 1 heterocycles. The molecule has 2 amide bonds. The number of nitrogens with one attached hydrogen (secondary N) is 2. The van der Waals surface area contributed by atoms with Crippen molar-refractivity contribution in [2.24, 2.45) is 0 Å². The smallest absolute Gasteiger partial charge is 0.251 e. The summed E-state index contributed by atoms with van der Waals surface area (Å²) in [6.45, 7) is -0.0459. The van der Waals surface area contributed by atoms with Gasteiger partial charge in [-0.3, -0.25) is 9.59 Å². The van der Waals surface area contributed by atoms with E-state index in [1.165, 1.54) is 14.2 Å². The topological polar surface area (TPSA) is 95.1 Å². The van der Waals surface area contributed by atoms with E-state index in [1.54, 1.807) is 36.4 Å². The largest absolute Gasteiger partial charge is 0.493 e. The molecule has 0 unspecified atom stereocenters. The molecule has 136 valence electrons. The molecule has 0 bridgehead atoms. The SMILES string of the molecule is COc1ccc(NC(=O)CNC(=O)c2ccc3c(c2)OCO3)cc1OC. The third-order valence-corrected chi connectivity index (χ3v) is 3.71. The number of hydrogen-bond donors (Lipinski definition) is 2. The minimum Gasteiger partial charge on any atom is -0.493 e. The standard InChI is InChI=1S/C18H18N2O6/c1-23-13-6-4-12(8-15(13)24-2)20-17(21)9-19-18(22)11-3-5-14-16(7-11)26-10-25-14/h3-8H,9-10H2,1-2H3,(H,19,22)(H,20,21). The van der Waals surface area contributed by atoms with Gasteiger partial charge in [0, 0.05) is 17.3 Å². The summed E-state index contributed by atoms with van der Waals surface area (Å²) < 4.78 is 20.8. The first-order valence-electron chi connectivity index (χ1n) is 7.80. The van der Waals surface area contributed by atoms with Gasteiger partial charge in [0.2, 0.25) is 12.7 Å². The summed E-state index contributed by atoms with van der Waals surface area (Å²) in [5, 5.41) is 5.24. The highest BCUT2D eigenvalue weighted by atomic mass is 16.7. The van der Waals surface area contributed by atoms with E-state index < -0.39 is 0 Å². The number of hydrogen-bond acceptors (Lipinski definition) is 6. The maximum absolute atomic E-state index is 12.2. The number of anilines is 1. The zero-order valence-corrected chi connectivity index (χ0v) is 14.3. The van der Waals surface area contributed by atoms with E-state index >= 15 is 0 Å². The van der Waals surface area contributed by atoms with Crippen LogP contribution in [0.3, 0.4) is 0 Å². The van der Waals surface area contributed by atoms with E-state index in [4.69, 9.17) is 18.9 Å². The monoisotopic (exact) mass is 358 g/mol. The Morgan fingerprint density at radius 3 is 2.54 bits per heavy atom. The Balaban J connectivity index is 1.56. The summed E-state index contributed by atoms with van der Waals surface area (Å²) in [5.74, 6) is 1.40. The van der Waals surface area contributed by atoms with Gasteiger partial charge in [-0.2, -0.15) is 0 Å². The molecule has 1 aliphatic rings. The molecule has 0 aromatic heterocycles. The zero-order chi connectivity index (χ0) is 18.5. The number of rotatable bonds is 6. The van der Waals surface area contributed by atoms with Crippen LogP contribution in [-0.2, 0) is 4.79 Å². The predicted octanol–water partition coefficient (Wildman–Crippen LogP) is 1.80. The first-order valence-corrected chi connectivity index (χ1v) is 7.80. The molecule has 0 fully saturated rings. The number of ether oxygens (including phenoxy) is 4. The summed E-state index contributed by atoms with van der Waals surface area (Å²) >= 11 is 0. The Morgan fingerprint density at radius 2 is 1.77 bits per heavy atom. The number of carbonyl (C=O) groups excluding carboxylic acids is 2. The zero-order valence-electron chi connectivity index (χ0n) is 14.3. The molecule has 0 aliphatic carbocycles. The van der Waals surface area contributed by atoms with Crippen LogP contribution in [0, 0.1) is 0 Å². The van der Waals surface area contributed by atoms with Crippen molar-refractivity contribution in [3.05, 3.63) is 42.0 Å². The number of methoxy groups -OCH3 is 2. The molecule has 2 N–H and O–H groups in total. The van der Waals surface area contributed by atoms with Crippen LogP contribution in [0.4, 0.5) is 5.69 Å². The fraction of sp³-hybridized carbons (Fsp3) is 0.222. The van der Waals surface area contributed by atoms with Crippen molar-refractivity contribution in [1.29, 1.82) is 0 Å². The number of fused-ring (bicyclic) bond motifs is 1. The van der Waals surface area contributed by atoms with Gasteiger partial charge in [0.15, 0.2) is 23.0 Å². The van der Waals surface area contributed by atoms with Crippen LogP contribution in [0.2, 0.25) is 0 Å². The molecule has 8 heteroatoms. The van der Waals surface area contributed by atoms with Crippen LogP contribution >= 0.6 is 0 Å². The van der Waals surface area contributed by atoms with Gasteiger partial charge < -0.3 is 29.6 Å². The molecule has 2 aromatic rings. The third kappa shape index (κ3) is 3.80. The van der Waals surface area contributed by atoms with Crippen LogP contribution in [0.1, 0.15) is 10.4 Å². The average Bonchev–Trinajstić information content (AvgIpc) is 3.13. The molecule has 0 atom stereocenters. The first kappa shape index (κ1) is 17.4. The van der Waals surface area contributed by atoms with Crippen molar-refractivity contribution in [2.45, 2.75) is 0 Å². The lowest BCUT2D eigenvalue weighted by Crippen LogP contribution is -2.32. The summed E-state index contributed by atoms with van der Waals surface area (Å²) in [4.78, 5) is 24.2. The van der Waals surface area contributed by atoms with Crippen LogP contribution < -0.4 is 29.6 Å². The molecule has 8 nitrogen and oxygen atoms in total. The Kier molecular flexibility index (Phi) is 5.12. The molecule has 26 heavy (non-hydrogen) atoms. The molecule has 2 aromatic carbocycles. The summed E-state index contributed by atoms with van der Waals surface area (Å²) in [7, 11) is 3.04. The first-order chi connectivity index (χ1) is 12.6. The number of amides is 2. The van der Waals surface area contributed by atoms with Gasteiger partial charge in [-0.1, -0.05) is 0 Å². The van der Waals surface area contributed by atoms with Crippen molar-refractivity contribution in [1.82, 2.24) is 5.32 Å². The fourth-order valence-electron chi connectivity index (χ4n) is 2.42. The maximum atomic E-state index is 12.2. The molecular weight excluding hydrogens is 340 g/mol. The summed E-state index contributed by atoms with van der Waals surface area (Å²) in [6, 6.07) is 9.83. The highest BCUT2D eigenvalue weighted by molar-refractivity contribution is 5.99. The van der Waals surface area contributed by atoms with Crippen LogP contribution in [0.5, 0.6) is 23.0 Å². The number of carbonyl (C=O) groups is 2. The van der Waals surface area contributed by atoms with E-state index in [-0.39, 0.29) is 25.2 Å². The van der Waals surface area contributed by atoms with Crippen molar-refractivity contribution in [3.63, 3.8) is 0 Å². The van der Waals surface area contributed by atoms with Gasteiger partial charge in [-0.05, 0) is 30.3 Å². The molecular formula is C18H18N2O6. The van der Waals surface area contributed by atoms with Gasteiger partial charge in [-0.15, -0.1) is 0 Å². The number of benzene rings is 2. The van der Waals surface area contributed by atoms with Crippen molar-refractivity contribution in [2.75, 3.05) is 32.9 Å². The average molecular weight is 358 g/mol. The lowest BCUT2D eigenvalue weighted by atomic mass is 10.2. The maximum Gasteiger partial charge on any atom is 0.251 e. The second-order valence-corrected chi connectivity index (χ2v) is 5.37. The van der Waals surface area contributed by atoms with Crippen molar-refractivity contribution in [3.8, 4) is 23.0 Å². The minimum absolute atomic E-state index is 0.133. The molecule has 1 aliphatic heterocycles. The lowest BCUT2D eigenvalue weighted by molar-refractivity contribution is -0.115. The Labute approximate surface area is 150 Å². The van der Waals surface area contributed by atoms with Crippen molar-refractivity contribution < 1.29 is 28.5 Å². The third-order valence-electron chi connectivity index (χ3n) is 3.71. The predicted molar refractivity (Wildman–Crippen MR) is 93.1 cm³/mol. The van der Waals surface area contributed by atoms with Gasteiger partial charge in [-0.25, -0.2) is 0 Å².